The van der Waals surface area contributed by atoms with Crippen molar-refractivity contribution in [2.24, 2.45) is 11.7 Å². The number of benzene rings is 1. The standard InChI is InChI=1S/C16H18N2O2S/c1-10-2-7-13-14(8-10)21-16(20)18(13)9-11-3-5-12(6-4-11)15(17)19/h3-6,10H,2,7-9H2,1H3,(H2,17,19). The molecule has 0 saturated heterocycles. The van der Waals surface area contributed by atoms with Gasteiger partial charge in [-0.05, 0) is 42.9 Å². The zero-order valence-corrected chi connectivity index (χ0v) is 12.8. The molecule has 0 fully saturated rings. The van der Waals surface area contributed by atoms with Gasteiger partial charge in [-0.25, -0.2) is 0 Å². The molecule has 110 valence electrons. The van der Waals surface area contributed by atoms with Gasteiger partial charge in [0.15, 0.2) is 0 Å². The van der Waals surface area contributed by atoms with E-state index in [2.05, 4.69) is 6.92 Å². The second-order valence-corrected chi connectivity index (χ2v) is 6.78. The molecule has 1 aromatic heterocycles. The van der Waals surface area contributed by atoms with Gasteiger partial charge in [-0.3, -0.25) is 14.2 Å². The molecule has 1 unspecified atom stereocenters. The van der Waals surface area contributed by atoms with Gasteiger partial charge in [-0.1, -0.05) is 30.4 Å². The van der Waals surface area contributed by atoms with Crippen LogP contribution in [0, 0.1) is 5.92 Å². The summed E-state index contributed by atoms with van der Waals surface area (Å²) in [5.41, 5.74) is 7.94. The van der Waals surface area contributed by atoms with Gasteiger partial charge in [0.1, 0.15) is 0 Å². The van der Waals surface area contributed by atoms with Crippen molar-refractivity contribution in [1.29, 1.82) is 0 Å². The Labute approximate surface area is 127 Å². The lowest BCUT2D eigenvalue weighted by Crippen LogP contribution is -2.19. The number of hydrogen-bond acceptors (Lipinski definition) is 3. The number of carbonyl (C=O) groups is 1. The van der Waals surface area contributed by atoms with Gasteiger partial charge in [0.25, 0.3) is 0 Å². The smallest absolute Gasteiger partial charge is 0.307 e. The minimum Gasteiger partial charge on any atom is -0.366 e. The molecule has 2 aromatic rings. The monoisotopic (exact) mass is 302 g/mol. The molecule has 5 heteroatoms. The number of nitrogens with zero attached hydrogens (tertiary/aromatic N) is 1. The summed E-state index contributed by atoms with van der Waals surface area (Å²) >= 11 is 1.38. The molecular weight excluding hydrogens is 284 g/mol. The number of nitrogens with two attached hydrogens (primary N) is 1. The molecule has 1 aliphatic rings. The number of rotatable bonds is 3. The summed E-state index contributed by atoms with van der Waals surface area (Å²) in [6, 6.07) is 7.15. The van der Waals surface area contributed by atoms with E-state index in [1.807, 2.05) is 16.7 Å². The van der Waals surface area contributed by atoms with Crippen LogP contribution in [0.3, 0.4) is 0 Å². The van der Waals surface area contributed by atoms with Crippen LogP contribution in [0.5, 0.6) is 0 Å². The van der Waals surface area contributed by atoms with E-state index in [9.17, 15) is 9.59 Å². The zero-order chi connectivity index (χ0) is 15.0. The van der Waals surface area contributed by atoms with Gasteiger partial charge in [0.05, 0.1) is 6.54 Å². The molecule has 21 heavy (non-hydrogen) atoms. The topological polar surface area (TPSA) is 65.1 Å². The first-order chi connectivity index (χ1) is 10.0. The Morgan fingerprint density at radius 1 is 1.38 bits per heavy atom. The summed E-state index contributed by atoms with van der Waals surface area (Å²) in [5, 5.41) is 0. The van der Waals surface area contributed by atoms with E-state index in [-0.39, 0.29) is 4.87 Å². The number of fused-ring (bicyclic) bond motifs is 1. The van der Waals surface area contributed by atoms with E-state index in [1.165, 1.54) is 21.9 Å². The third-order valence-electron chi connectivity index (χ3n) is 4.07. The van der Waals surface area contributed by atoms with Crippen molar-refractivity contribution in [2.45, 2.75) is 32.7 Å². The van der Waals surface area contributed by atoms with Gasteiger partial charge in [-0.2, -0.15) is 0 Å². The summed E-state index contributed by atoms with van der Waals surface area (Å²) < 4.78 is 1.88. The molecule has 4 nitrogen and oxygen atoms in total. The molecule has 1 amide bonds. The fourth-order valence-electron chi connectivity index (χ4n) is 2.83. The van der Waals surface area contributed by atoms with Crippen LogP contribution in [0.2, 0.25) is 0 Å². The second kappa shape index (κ2) is 5.48. The number of hydrogen-bond donors (Lipinski definition) is 1. The molecule has 0 saturated carbocycles. The van der Waals surface area contributed by atoms with Gasteiger partial charge < -0.3 is 5.73 Å². The van der Waals surface area contributed by atoms with E-state index in [4.69, 9.17) is 5.73 Å². The van der Waals surface area contributed by atoms with Crippen LogP contribution in [0.1, 0.15) is 39.8 Å². The van der Waals surface area contributed by atoms with Crippen molar-refractivity contribution in [3.05, 3.63) is 55.6 Å². The van der Waals surface area contributed by atoms with E-state index >= 15 is 0 Å². The molecule has 0 radical (unpaired) electrons. The Bertz CT molecular complexity index is 728. The number of aromatic nitrogens is 1. The van der Waals surface area contributed by atoms with Crippen LogP contribution in [0.25, 0.3) is 0 Å². The molecule has 3 rings (SSSR count). The van der Waals surface area contributed by atoms with E-state index in [0.29, 0.717) is 18.0 Å². The Kier molecular flexibility index (Phi) is 3.68. The minimum absolute atomic E-state index is 0.119. The molecule has 1 heterocycles. The first-order valence-electron chi connectivity index (χ1n) is 7.14. The van der Waals surface area contributed by atoms with E-state index < -0.39 is 5.91 Å². The lowest BCUT2D eigenvalue weighted by atomic mass is 9.92. The summed E-state index contributed by atoms with van der Waals surface area (Å²) in [6.45, 7) is 2.80. The Balaban J connectivity index is 1.88. The quantitative estimate of drug-likeness (QED) is 0.944. The maximum Gasteiger partial charge on any atom is 0.307 e. The van der Waals surface area contributed by atoms with E-state index in [1.54, 1.807) is 12.1 Å². The SMILES string of the molecule is CC1CCc2c(sc(=O)n2Cc2ccc(C(N)=O)cc2)C1. The number of thiazole rings is 1. The largest absolute Gasteiger partial charge is 0.366 e. The number of amides is 1. The average molecular weight is 302 g/mol. The van der Waals surface area contributed by atoms with Crippen molar-refractivity contribution in [1.82, 2.24) is 4.57 Å². The lowest BCUT2D eigenvalue weighted by Gasteiger charge is -2.19. The minimum atomic E-state index is -0.430. The fourth-order valence-corrected chi connectivity index (χ4v) is 4.03. The zero-order valence-electron chi connectivity index (χ0n) is 12.0. The van der Waals surface area contributed by atoms with Crippen molar-refractivity contribution in [3.8, 4) is 0 Å². The highest BCUT2D eigenvalue weighted by Crippen LogP contribution is 2.27. The lowest BCUT2D eigenvalue weighted by molar-refractivity contribution is 0.100. The maximum atomic E-state index is 12.2. The molecule has 0 bridgehead atoms. The fraction of sp³-hybridized carbons (Fsp3) is 0.375. The van der Waals surface area contributed by atoms with Crippen molar-refractivity contribution < 1.29 is 4.79 Å². The first kappa shape index (κ1) is 14.1. The molecule has 0 aliphatic heterocycles. The third kappa shape index (κ3) is 2.78. The Hall–Kier alpha value is -1.88. The van der Waals surface area contributed by atoms with Crippen molar-refractivity contribution in [3.63, 3.8) is 0 Å². The average Bonchev–Trinajstić information content (AvgIpc) is 2.75. The Morgan fingerprint density at radius 3 is 2.76 bits per heavy atom. The van der Waals surface area contributed by atoms with Crippen LogP contribution in [0.4, 0.5) is 0 Å². The Morgan fingerprint density at radius 2 is 2.10 bits per heavy atom. The second-order valence-electron chi connectivity index (χ2n) is 5.73. The molecule has 1 aliphatic carbocycles. The molecule has 1 aromatic carbocycles. The predicted molar refractivity (Wildman–Crippen MR) is 83.8 cm³/mol. The predicted octanol–water partition coefficient (Wildman–Crippen LogP) is 2.18. The highest BCUT2D eigenvalue weighted by Gasteiger charge is 2.21. The van der Waals surface area contributed by atoms with Gasteiger partial charge >= 0.3 is 4.87 Å². The number of primary amides is 1. The van der Waals surface area contributed by atoms with Gasteiger partial charge in [-0.15, -0.1) is 0 Å². The summed E-state index contributed by atoms with van der Waals surface area (Å²) in [5.74, 6) is 0.236. The van der Waals surface area contributed by atoms with Crippen molar-refractivity contribution >= 4 is 17.2 Å². The summed E-state index contributed by atoms with van der Waals surface area (Å²) in [7, 11) is 0. The summed E-state index contributed by atoms with van der Waals surface area (Å²) in [4.78, 5) is 24.6. The van der Waals surface area contributed by atoms with Crippen LogP contribution in [-0.2, 0) is 19.4 Å². The number of carbonyl (C=O) groups excluding carboxylic acids is 1. The maximum absolute atomic E-state index is 12.2. The molecule has 1 atom stereocenters. The van der Waals surface area contributed by atoms with Crippen molar-refractivity contribution in [2.75, 3.05) is 0 Å². The van der Waals surface area contributed by atoms with Crippen LogP contribution < -0.4 is 10.6 Å². The van der Waals surface area contributed by atoms with Gasteiger partial charge in [0.2, 0.25) is 5.91 Å². The van der Waals surface area contributed by atoms with Crippen LogP contribution in [-0.4, -0.2) is 10.5 Å². The van der Waals surface area contributed by atoms with E-state index in [0.717, 1.165) is 24.8 Å². The van der Waals surface area contributed by atoms with Crippen LogP contribution >= 0.6 is 11.3 Å². The molecule has 2 N–H and O–H groups in total. The van der Waals surface area contributed by atoms with Gasteiger partial charge in [0, 0.05) is 16.1 Å². The molecule has 0 spiro atoms. The first-order valence-corrected chi connectivity index (χ1v) is 7.96. The highest BCUT2D eigenvalue weighted by molar-refractivity contribution is 7.09. The third-order valence-corrected chi connectivity index (χ3v) is 5.11. The van der Waals surface area contributed by atoms with Crippen LogP contribution in [0.15, 0.2) is 29.1 Å². The normalized spacial score (nSPS) is 17.5. The summed E-state index contributed by atoms with van der Waals surface area (Å²) in [6.07, 6.45) is 3.14. The highest BCUT2D eigenvalue weighted by atomic mass is 32.1. The molecular formula is C16H18N2O2S.